The van der Waals surface area contributed by atoms with Crippen LogP contribution in [0.4, 0.5) is 28.9 Å². The molecule has 2 N–H and O–H groups in total. The third-order valence-electron chi connectivity index (χ3n) is 6.93. The molecule has 0 saturated carbocycles. The van der Waals surface area contributed by atoms with Gasteiger partial charge in [0.05, 0.1) is 36.1 Å². The van der Waals surface area contributed by atoms with E-state index in [4.69, 9.17) is 4.74 Å². The van der Waals surface area contributed by atoms with Gasteiger partial charge in [-0.2, -0.15) is 13.2 Å². The molecule has 1 aliphatic heterocycles. The number of carbonyl (C=O) groups excluding carboxylic acids is 1. The first kappa shape index (κ1) is 33.7. The molecular weight excluding hydrogens is 562 g/mol. The van der Waals surface area contributed by atoms with E-state index in [-0.39, 0.29) is 35.3 Å². The van der Waals surface area contributed by atoms with Crippen LogP contribution in [-0.4, -0.2) is 86.8 Å². The van der Waals surface area contributed by atoms with Gasteiger partial charge in [0.25, 0.3) is 0 Å². The third-order valence-corrected chi connectivity index (χ3v) is 6.93. The van der Waals surface area contributed by atoms with E-state index in [2.05, 4.69) is 41.2 Å². The summed E-state index contributed by atoms with van der Waals surface area (Å²) in [4.78, 5) is 15.4. The maximum atomic E-state index is 14.0. The number of methoxy groups -OCH3 is 1. The second-order valence-corrected chi connectivity index (χ2v) is 11.2. The molecule has 11 heteroatoms. The van der Waals surface area contributed by atoms with Crippen LogP contribution in [0.3, 0.4) is 0 Å². The van der Waals surface area contributed by atoms with Gasteiger partial charge in [0, 0.05) is 42.3 Å². The van der Waals surface area contributed by atoms with Gasteiger partial charge in [0.15, 0.2) is 6.29 Å². The van der Waals surface area contributed by atoms with Crippen molar-refractivity contribution in [1.82, 2.24) is 14.4 Å². The summed E-state index contributed by atoms with van der Waals surface area (Å²) in [6, 6.07) is 10.1. The number of nitrogens with zero attached hydrogens (tertiary/aromatic N) is 3. The standard InChI is InChI=1S/C29H32F4N4O2.C3H9N/c1-19(2)36-12-9-21(10-13-36)35-25-7-4-8-27-23(25)15-22(37(27)18-29(31,32)33)6-5-11-34-26-16-24(30)20(17-38)14-28(26)39-3;1-4(2)3/h4,7-8,14-17,19,21,34-35H,9-13,18H2,1-3H3;1-3H3. The SMILES string of the molecule is CN(C)C.COc1cc(C=O)c(F)cc1NCC#Cc1cc2c(NC3CCN(C(C)C)CC3)cccc2n1CC(F)(F)F. The molecule has 0 bridgehead atoms. The van der Waals surface area contributed by atoms with E-state index in [1.165, 1.54) is 17.7 Å². The maximum absolute atomic E-state index is 14.0. The first-order valence-corrected chi connectivity index (χ1v) is 14.2. The van der Waals surface area contributed by atoms with Crippen molar-refractivity contribution >= 4 is 28.6 Å². The molecule has 43 heavy (non-hydrogen) atoms. The molecule has 1 aliphatic rings. The number of ether oxygens (including phenoxy) is 1. The Kier molecular flexibility index (Phi) is 11.9. The number of alkyl halides is 3. The monoisotopic (exact) mass is 603 g/mol. The molecule has 3 aromatic rings. The lowest BCUT2D eigenvalue weighted by Crippen LogP contribution is -2.42. The van der Waals surface area contributed by atoms with Gasteiger partial charge in [-0.3, -0.25) is 4.79 Å². The molecular formula is C32H41F4N5O2. The van der Waals surface area contributed by atoms with Crippen molar-refractivity contribution in [2.24, 2.45) is 0 Å². The normalized spacial score (nSPS) is 14.2. The molecule has 0 atom stereocenters. The Hall–Kier alpha value is -3.75. The Labute approximate surface area is 251 Å². The number of anilines is 2. The lowest BCUT2D eigenvalue weighted by molar-refractivity contribution is -0.140. The average Bonchev–Trinajstić information content (AvgIpc) is 3.27. The second-order valence-electron chi connectivity index (χ2n) is 11.2. The lowest BCUT2D eigenvalue weighted by atomic mass is 10.0. The number of hydrogen-bond donors (Lipinski definition) is 2. The summed E-state index contributed by atoms with van der Waals surface area (Å²) in [5.41, 5.74) is 1.59. The van der Waals surface area contributed by atoms with Crippen molar-refractivity contribution in [3.05, 3.63) is 53.5 Å². The number of piperidine rings is 1. The number of carbonyl (C=O) groups is 1. The number of aldehydes is 1. The van der Waals surface area contributed by atoms with E-state index in [1.807, 2.05) is 32.1 Å². The van der Waals surface area contributed by atoms with Crippen LogP contribution >= 0.6 is 0 Å². The van der Waals surface area contributed by atoms with Crippen molar-refractivity contribution in [1.29, 1.82) is 0 Å². The molecule has 7 nitrogen and oxygen atoms in total. The number of hydrogen-bond acceptors (Lipinski definition) is 6. The molecule has 234 valence electrons. The molecule has 0 spiro atoms. The molecule has 1 aromatic heterocycles. The van der Waals surface area contributed by atoms with Crippen molar-refractivity contribution < 1.29 is 27.1 Å². The number of rotatable bonds is 8. The number of halogens is 4. The summed E-state index contributed by atoms with van der Waals surface area (Å²) in [6.45, 7) is 5.13. The Morgan fingerprint density at radius 1 is 1.12 bits per heavy atom. The molecule has 2 aromatic carbocycles. The second kappa shape index (κ2) is 15.1. The minimum absolute atomic E-state index is 0.0172. The van der Waals surface area contributed by atoms with Crippen LogP contribution in [0.2, 0.25) is 0 Å². The number of fused-ring (bicyclic) bond motifs is 1. The van der Waals surface area contributed by atoms with E-state index in [0.717, 1.165) is 37.7 Å². The summed E-state index contributed by atoms with van der Waals surface area (Å²) in [5.74, 6) is 5.21. The van der Waals surface area contributed by atoms with Crippen LogP contribution in [0, 0.1) is 17.7 Å². The Balaban J connectivity index is 0.00000119. The Morgan fingerprint density at radius 2 is 1.79 bits per heavy atom. The van der Waals surface area contributed by atoms with Gasteiger partial charge in [-0.1, -0.05) is 12.0 Å². The van der Waals surface area contributed by atoms with Crippen LogP contribution in [0.15, 0.2) is 36.4 Å². The lowest BCUT2D eigenvalue weighted by Gasteiger charge is -2.35. The highest BCUT2D eigenvalue weighted by atomic mass is 19.4. The van der Waals surface area contributed by atoms with Crippen molar-refractivity contribution in [3.63, 3.8) is 0 Å². The van der Waals surface area contributed by atoms with Crippen LogP contribution in [0.5, 0.6) is 5.75 Å². The number of nitrogens with one attached hydrogen (secondary N) is 2. The fourth-order valence-electron chi connectivity index (χ4n) is 4.88. The summed E-state index contributed by atoms with van der Waals surface area (Å²) < 4.78 is 61.0. The summed E-state index contributed by atoms with van der Waals surface area (Å²) in [5, 5.41) is 7.13. The fourth-order valence-corrected chi connectivity index (χ4v) is 4.88. The smallest absolute Gasteiger partial charge is 0.406 e. The van der Waals surface area contributed by atoms with Crippen molar-refractivity contribution in [2.75, 3.05) is 58.5 Å². The average molecular weight is 604 g/mol. The minimum Gasteiger partial charge on any atom is -0.495 e. The maximum Gasteiger partial charge on any atom is 0.406 e. The van der Waals surface area contributed by atoms with Gasteiger partial charge in [0.1, 0.15) is 18.1 Å². The topological polar surface area (TPSA) is 61.8 Å². The van der Waals surface area contributed by atoms with Gasteiger partial charge in [-0.25, -0.2) is 4.39 Å². The zero-order chi connectivity index (χ0) is 31.7. The predicted octanol–water partition coefficient (Wildman–Crippen LogP) is 6.09. The molecule has 0 unspecified atom stereocenters. The van der Waals surface area contributed by atoms with Gasteiger partial charge >= 0.3 is 6.18 Å². The fraction of sp³-hybridized carbons (Fsp3) is 0.469. The largest absolute Gasteiger partial charge is 0.495 e. The quantitative estimate of drug-likeness (QED) is 0.185. The van der Waals surface area contributed by atoms with E-state index >= 15 is 0 Å². The first-order chi connectivity index (χ1) is 20.3. The highest BCUT2D eigenvalue weighted by molar-refractivity contribution is 5.94. The summed E-state index contributed by atoms with van der Waals surface area (Å²) in [6.07, 6.45) is -2.14. The Morgan fingerprint density at radius 3 is 2.37 bits per heavy atom. The van der Waals surface area contributed by atoms with E-state index in [1.54, 1.807) is 18.2 Å². The molecule has 0 radical (unpaired) electrons. The number of benzene rings is 2. The summed E-state index contributed by atoms with van der Waals surface area (Å²) >= 11 is 0. The number of aromatic nitrogens is 1. The predicted molar refractivity (Wildman–Crippen MR) is 165 cm³/mol. The third kappa shape index (κ3) is 9.63. The van der Waals surface area contributed by atoms with E-state index in [0.29, 0.717) is 23.2 Å². The first-order valence-electron chi connectivity index (χ1n) is 14.2. The van der Waals surface area contributed by atoms with Crippen LogP contribution < -0.4 is 15.4 Å². The van der Waals surface area contributed by atoms with Gasteiger partial charge < -0.3 is 29.7 Å². The summed E-state index contributed by atoms with van der Waals surface area (Å²) in [7, 11) is 7.38. The highest BCUT2D eigenvalue weighted by Gasteiger charge is 2.30. The van der Waals surface area contributed by atoms with E-state index in [9.17, 15) is 22.4 Å². The van der Waals surface area contributed by atoms with Gasteiger partial charge in [-0.15, -0.1) is 0 Å². The number of likely N-dealkylation sites (tertiary alicyclic amines) is 1. The highest BCUT2D eigenvalue weighted by Crippen LogP contribution is 2.32. The zero-order valence-electron chi connectivity index (χ0n) is 25.6. The molecule has 4 rings (SSSR count). The van der Waals surface area contributed by atoms with E-state index < -0.39 is 18.5 Å². The van der Waals surface area contributed by atoms with Crippen molar-refractivity contribution in [3.8, 4) is 17.6 Å². The van der Waals surface area contributed by atoms with Crippen molar-refractivity contribution in [2.45, 2.75) is 51.5 Å². The van der Waals surface area contributed by atoms with Crippen LogP contribution in [0.25, 0.3) is 10.9 Å². The molecule has 0 amide bonds. The van der Waals surface area contributed by atoms with Gasteiger partial charge in [-0.05, 0) is 78.0 Å². The van der Waals surface area contributed by atoms with Gasteiger partial charge in [0.2, 0.25) is 0 Å². The molecule has 0 aliphatic carbocycles. The van der Waals surface area contributed by atoms with Crippen LogP contribution in [0.1, 0.15) is 42.7 Å². The molecule has 2 heterocycles. The molecule has 1 fully saturated rings. The Bertz CT molecular complexity index is 1430. The molecule has 1 saturated heterocycles. The zero-order valence-corrected chi connectivity index (χ0v) is 25.6. The minimum atomic E-state index is -4.43. The van der Waals surface area contributed by atoms with Crippen LogP contribution in [-0.2, 0) is 6.54 Å².